The number of nitrogens with one attached hydrogen (secondary N) is 1. The van der Waals surface area contributed by atoms with Crippen LogP contribution in [-0.2, 0) is 0 Å². The van der Waals surface area contributed by atoms with Crippen molar-refractivity contribution in [3.63, 3.8) is 0 Å². The summed E-state index contributed by atoms with van der Waals surface area (Å²) in [5.74, 6) is 0.897. The van der Waals surface area contributed by atoms with Crippen molar-refractivity contribution in [1.29, 1.82) is 0 Å². The summed E-state index contributed by atoms with van der Waals surface area (Å²) in [7, 11) is 4.07. The first-order valence-electron chi connectivity index (χ1n) is 5.63. The maximum atomic E-state index is 4.22. The monoisotopic (exact) mass is 205 g/mol. The summed E-state index contributed by atoms with van der Waals surface area (Å²) in [6.07, 6.45) is 7.97. The second-order valence-corrected chi connectivity index (χ2v) is 4.36. The Kier molecular flexibility index (Phi) is 3.09. The second-order valence-electron chi connectivity index (χ2n) is 4.36. The van der Waals surface area contributed by atoms with Gasteiger partial charge in [0.15, 0.2) is 0 Å². The summed E-state index contributed by atoms with van der Waals surface area (Å²) in [6, 6.07) is 2.14. The predicted octanol–water partition coefficient (Wildman–Crippen LogP) is 2.36. The van der Waals surface area contributed by atoms with Crippen LogP contribution in [-0.4, -0.2) is 25.6 Å². The van der Waals surface area contributed by atoms with E-state index in [-0.39, 0.29) is 0 Å². The second kappa shape index (κ2) is 4.51. The normalized spacial score (nSPS) is 15.9. The standard InChI is InChI=1S/C12H19N3/c1-13-11-6-12(8-14-7-11)15(2)9-10-4-3-5-10/h6-8,10,13H,3-5,9H2,1-2H3. The average Bonchev–Trinajstić information content (AvgIpc) is 2.23. The molecule has 1 heterocycles. The third kappa shape index (κ3) is 2.41. The lowest BCUT2D eigenvalue weighted by atomic mass is 9.85. The summed E-state index contributed by atoms with van der Waals surface area (Å²) in [5, 5.41) is 3.11. The average molecular weight is 205 g/mol. The third-order valence-corrected chi connectivity index (χ3v) is 3.21. The van der Waals surface area contributed by atoms with Crippen molar-refractivity contribution in [2.75, 3.05) is 30.9 Å². The van der Waals surface area contributed by atoms with Crippen LogP contribution in [0.3, 0.4) is 0 Å². The molecule has 0 spiro atoms. The van der Waals surface area contributed by atoms with Crippen molar-refractivity contribution in [3.05, 3.63) is 18.5 Å². The van der Waals surface area contributed by atoms with Crippen LogP contribution in [0.15, 0.2) is 18.5 Å². The Labute approximate surface area is 91.5 Å². The van der Waals surface area contributed by atoms with E-state index in [0.29, 0.717) is 0 Å². The molecule has 3 heteroatoms. The van der Waals surface area contributed by atoms with Gasteiger partial charge in [-0.1, -0.05) is 6.42 Å². The maximum Gasteiger partial charge on any atom is 0.0570 e. The van der Waals surface area contributed by atoms with Crippen molar-refractivity contribution in [3.8, 4) is 0 Å². The summed E-state index contributed by atoms with van der Waals surface area (Å²) < 4.78 is 0. The van der Waals surface area contributed by atoms with Crippen molar-refractivity contribution in [1.82, 2.24) is 4.98 Å². The zero-order chi connectivity index (χ0) is 10.7. The highest BCUT2D eigenvalue weighted by Crippen LogP contribution is 2.28. The molecule has 1 saturated carbocycles. The lowest BCUT2D eigenvalue weighted by Gasteiger charge is -2.31. The first-order chi connectivity index (χ1) is 7.29. The van der Waals surface area contributed by atoms with Gasteiger partial charge in [-0.3, -0.25) is 4.98 Å². The van der Waals surface area contributed by atoms with Crippen LogP contribution in [0.2, 0.25) is 0 Å². The Morgan fingerprint density at radius 3 is 2.87 bits per heavy atom. The summed E-state index contributed by atoms with van der Waals surface area (Å²) in [4.78, 5) is 6.53. The molecule has 0 atom stereocenters. The number of anilines is 2. The van der Waals surface area contributed by atoms with E-state index in [1.807, 2.05) is 19.4 Å². The number of nitrogens with zero attached hydrogens (tertiary/aromatic N) is 2. The highest BCUT2D eigenvalue weighted by Gasteiger charge is 2.19. The van der Waals surface area contributed by atoms with Gasteiger partial charge in [-0.15, -0.1) is 0 Å². The number of aromatic nitrogens is 1. The Bertz CT molecular complexity index is 320. The van der Waals surface area contributed by atoms with Crippen LogP contribution >= 0.6 is 0 Å². The third-order valence-electron chi connectivity index (χ3n) is 3.21. The van der Waals surface area contributed by atoms with Crippen molar-refractivity contribution >= 4 is 11.4 Å². The van der Waals surface area contributed by atoms with Gasteiger partial charge in [0.05, 0.1) is 23.8 Å². The highest BCUT2D eigenvalue weighted by molar-refractivity contribution is 5.54. The SMILES string of the molecule is CNc1cncc(N(C)CC2CCC2)c1. The van der Waals surface area contributed by atoms with Gasteiger partial charge in [0, 0.05) is 20.6 Å². The summed E-state index contributed by atoms with van der Waals surface area (Å²) >= 11 is 0. The molecule has 0 aliphatic heterocycles. The van der Waals surface area contributed by atoms with Gasteiger partial charge in [0.1, 0.15) is 0 Å². The molecular weight excluding hydrogens is 186 g/mol. The van der Waals surface area contributed by atoms with Gasteiger partial charge in [-0.05, 0) is 24.8 Å². The maximum absolute atomic E-state index is 4.22. The molecule has 0 saturated heterocycles. The molecule has 1 aliphatic carbocycles. The van der Waals surface area contributed by atoms with E-state index in [1.165, 1.54) is 24.9 Å². The van der Waals surface area contributed by atoms with Crippen LogP contribution in [0.4, 0.5) is 11.4 Å². The minimum absolute atomic E-state index is 0.897. The predicted molar refractivity (Wildman–Crippen MR) is 64.4 cm³/mol. The fourth-order valence-electron chi connectivity index (χ4n) is 1.94. The van der Waals surface area contributed by atoms with Crippen LogP contribution in [0.1, 0.15) is 19.3 Å². The first-order valence-corrected chi connectivity index (χ1v) is 5.63. The Morgan fingerprint density at radius 1 is 1.47 bits per heavy atom. The molecular formula is C12H19N3. The van der Waals surface area contributed by atoms with Crippen molar-refractivity contribution in [2.24, 2.45) is 5.92 Å². The fraction of sp³-hybridized carbons (Fsp3) is 0.583. The molecule has 2 rings (SSSR count). The highest BCUT2D eigenvalue weighted by atomic mass is 15.1. The van der Waals surface area contributed by atoms with Gasteiger partial charge in [-0.25, -0.2) is 0 Å². The Hall–Kier alpha value is -1.25. The molecule has 0 unspecified atom stereocenters. The molecule has 0 amide bonds. The minimum Gasteiger partial charge on any atom is -0.387 e. The molecule has 3 nitrogen and oxygen atoms in total. The van der Waals surface area contributed by atoms with E-state index in [2.05, 4.69) is 28.3 Å². The summed E-state index contributed by atoms with van der Waals surface area (Å²) in [6.45, 7) is 1.16. The van der Waals surface area contributed by atoms with Gasteiger partial charge >= 0.3 is 0 Å². The largest absolute Gasteiger partial charge is 0.387 e. The molecule has 1 fully saturated rings. The quantitative estimate of drug-likeness (QED) is 0.818. The smallest absolute Gasteiger partial charge is 0.0570 e. The molecule has 0 aromatic carbocycles. The molecule has 1 aromatic heterocycles. The minimum atomic E-state index is 0.897. The van der Waals surface area contributed by atoms with Crippen molar-refractivity contribution in [2.45, 2.75) is 19.3 Å². The van der Waals surface area contributed by atoms with E-state index in [1.54, 1.807) is 0 Å². The van der Waals surface area contributed by atoms with E-state index in [9.17, 15) is 0 Å². The number of pyridine rings is 1. The first kappa shape index (κ1) is 10.3. The van der Waals surface area contributed by atoms with E-state index in [4.69, 9.17) is 0 Å². The van der Waals surface area contributed by atoms with Gasteiger partial charge in [0.25, 0.3) is 0 Å². The van der Waals surface area contributed by atoms with Crippen LogP contribution in [0.5, 0.6) is 0 Å². The zero-order valence-electron chi connectivity index (χ0n) is 9.53. The number of hydrogen-bond donors (Lipinski definition) is 1. The summed E-state index contributed by atoms with van der Waals surface area (Å²) in [5.41, 5.74) is 2.28. The Morgan fingerprint density at radius 2 is 2.27 bits per heavy atom. The van der Waals surface area contributed by atoms with Crippen molar-refractivity contribution < 1.29 is 0 Å². The number of hydrogen-bond acceptors (Lipinski definition) is 3. The molecule has 0 bridgehead atoms. The fourth-order valence-corrected chi connectivity index (χ4v) is 1.94. The molecule has 15 heavy (non-hydrogen) atoms. The molecule has 82 valence electrons. The molecule has 0 radical (unpaired) electrons. The topological polar surface area (TPSA) is 28.2 Å². The Balaban J connectivity index is 1.99. The van der Waals surface area contributed by atoms with E-state index < -0.39 is 0 Å². The van der Waals surface area contributed by atoms with Gasteiger partial charge in [0.2, 0.25) is 0 Å². The van der Waals surface area contributed by atoms with E-state index >= 15 is 0 Å². The van der Waals surface area contributed by atoms with Crippen LogP contribution in [0.25, 0.3) is 0 Å². The van der Waals surface area contributed by atoms with Gasteiger partial charge < -0.3 is 10.2 Å². The molecule has 1 N–H and O–H groups in total. The van der Waals surface area contributed by atoms with Crippen LogP contribution < -0.4 is 10.2 Å². The molecule has 1 aliphatic rings. The number of rotatable bonds is 4. The van der Waals surface area contributed by atoms with E-state index in [0.717, 1.165) is 18.2 Å². The molecule has 1 aromatic rings. The zero-order valence-corrected chi connectivity index (χ0v) is 9.53. The lowest BCUT2D eigenvalue weighted by Crippen LogP contribution is -2.29. The van der Waals surface area contributed by atoms with Crippen LogP contribution in [0, 0.1) is 5.92 Å². The lowest BCUT2D eigenvalue weighted by molar-refractivity contribution is 0.321. The van der Waals surface area contributed by atoms with Gasteiger partial charge in [-0.2, -0.15) is 0 Å².